The third-order valence-corrected chi connectivity index (χ3v) is 3.36. The highest BCUT2D eigenvalue weighted by atomic mass is 127. The lowest BCUT2D eigenvalue weighted by atomic mass is 10.2. The van der Waals surface area contributed by atoms with Gasteiger partial charge in [0.1, 0.15) is 15.2 Å². The van der Waals surface area contributed by atoms with Gasteiger partial charge < -0.3 is 10.7 Å². The highest BCUT2D eigenvalue weighted by Gasteiger charge is 2.14. The molecule has 0 aliphatic heterocycles. The van der Waals surface area contributed by atoms with Crippen molar-refractivity contribution in [3.63, 3.8) is 0 Å². The molecule has 0 aliphatic rings. The number of anilines is 1. The van der Waals surface area contributed by atoms with Gasteiger partial charge in [-0.2, -0.15) is 4.39 Å². The molecule has 2 aromatic heterocycles. The largest absolute Gasteiger partial charge is 0.383 e. The molecule has 3 N–H and O–H groups in total. The van der Waals surface area contributed by atoms with Crippen LogP contribution in [0.25, 0.3) is 11.3 Å². The molecule has 78 valence electrons. The van der Waals surface area contributed by atoms with Crippen molar-refractivity contribution in [1.82, 2.24) is 15.0 Å². The average molecular weight is 431 g/mol. The Bertz CT molecular complexity index is 557. The number of halogens is 3. The fourth-order valence-electron chi connectivity index (χ4n) is 1.05. The van der Waals surface area contributed by atoms with Crippen LogP contribution in [0.2, 0.25) is 0 Å². The SMILES string of the molecule is [2H]c1c(I)c(N)nc(F)c1-c1nc[nH]c1I. The van der Waals surface area contributed by atoms with Gasteiger partial charge in [0.05, 0.1) is 16.8 Å². The second kappa shape index (κ2) is 4.20. The van der Waals surface area contributed by atoms with Crippen LogP contribution in [0, 0.1) is 13.2 Å². The Labute approximate surface area is 114 Å². The highest BCUT2D eigenvalue weighted by Crippen LogP contribution is 2.27. The van der Waals surface area contributed by atoms with Gasteiger partial charge in [-0.05, 0) is 51.2 Å². The minimum atomic E-state index is -0.770. The summed E-state index contributed by atoms with van der Waals surface area (Å²) in [4.78, 5) is 10.3. The van der Waals surface area contributed by atoms with E-state index in [9.17, 15) is 4.39 Å². The van der Waals surface area contributed by atoms with Crippen LogP contribution in [-0.2, 0) is 0 Å². The average Bonchev–Trinajstić information content (AvgIpc) is 2.62. The van der Waals surface area contributed by atoms with E-state index in [1.807, 2.05) is 45.2 Å². The molecule has 0 fully saturated rings. The van der Waals surface area contributed by atoms with E-state index in [0.29, 0.717) is 13.0 Å². The maximum Gasteiger partial charge on any atom is 0.224 e. The first-order chi connectivity index (χ1) is 7.52. The number of pyridine rings is 1. The molecule has 0 saturated carbocycles. The van der Waals surface area contributed by atoms with Crippen LogP contribution in [-0.4, -0.2) is 15.0 Å². The van der Waals surface area contributed by atoms with Crippen LogP contribution >= 0.6 is 45.2 Å². The van der Waals surface area contributed by atoms with E-state index >= 15 is 0 Å². The monoisotopic (exact) mass is 431 g/mol. The van der Waals surface area contributed by atoms with Crippen molar-refractivity contribution in [3.8, 4) is 11.3 Å². The molecular weight excluding hydrogens is 425 g/mol. The van der Waals surface area contributed by atoms with Crippen LogP contribution in [0.3, 0.4) is 0 Å². The van der Waals surface area contributed by atoms with E-state index in [2.05, 4.69) is 15.0 Å². The summed E-state index contributed by atoms with van der Waals surface area (Å²) in [6.07, 6.45) is 1.44. The van der Waals surface area contributed by atoms with E-state index < -0.39 is 5.95 Å². The van der Waals surface area contributed by atoms with Crippen molar-refractivity contribution in [2.75, 3.05) is 5.73 Å². The smallest absolute Gasteiger partial charge is 0.224 e. The lowest BCUT2D eigenvalue weighted by molar-refractivity contribution is 0.588. The van der Waals surface area contributed by atoms with Gasteiger partial charge in [-0.15, -0.1) is 0 Å². The number of nitrogens with two attached hydrogens (primary N) is 1. The van der Waals surface area contributed by atoms with Crippen LogP contribution in [0.1, 0.15) is 1.37 Å². The number of aromatic nitrogens is 3. The number of hydrogen-bond acceptors (Lipinski definition) is 3. The van der Waals surface area contributed by atoms with Crippen LogP contribution in [0.15, 0.2) is 12.4 Å². The molecule has 2 heterocycles. The maximum absolute atomic E-state index is 13.7. The Morgan fingerprint density at radius 3 is 2.87 bits per heavy atom. The summed E-state index contributed by atoms with van der Waals surface area (Å²) in [5.74, 6) is -0.745. The van der Waals surface area contributed by atoms with Gasteiger partial charge in [0.2, 0.25) is 5.95 Å². The molecule has 0 atom stereocenters. The predicted octanol–water partition coefficient (Wildman–Crippen LogP) is 2.40. The summed E-state index contributed by atoms with van der Waals surface area (Å²) in [6.45, 7) is 0. The first-order valence-electron chi connectivity index (χ1n) is 4.32. The van der Waals surface area contributed by atoms with Crippen LogP contribution in [0.4, 0.5) is 10.2 Å². The van der Waals surface area contributed by atoms with Crippen molar-refractivity contribution in [3.05, 3.63) is 25.6 Å². The lowest BCUT2D eigenvalue weighted by Gasteiger charge is -2.03. The summed E-state index contributed by atoms with van der Waals surface area (Å²) in [6, 6.07) is 0.00983. The molecule has 15 heavy (non-hydrogen) atoms. The minimum Gasteiger partial charge on any atom is -0.383 e. The van der Waals surface area contributed by atoms with E-state index in [1.54, 1.807) is 0 Å². The third kappa shape index (κ3) is 2.07. The number of imidazole rings is 1. The number of nitrogen functional groups attached to an aromatic ring is 1. The summed E-state index contributed by atoms with van der Waals surface area (Å²) < 4.78 is 22.6. The molecule has 0 saturated heterocycles. The third-order valence-electron chi connectivity index (χ3n) is 1.71. The topological polar surface area (TPSA) is 67.6 Å². The van der Waals surface area contributed by atoms with Crippen molar-refractivity contribution < 1.29 is 5.76 Å². The normalized spacial score (nSPS) is 11.5. The maximum atomic E-state index is 13.7. The number of rotatable bonds is 1. The predicted molar refractivity (Wildman–Crippen MR) is 71.6 cm³/mol. The number of nitrogens with zero attached hydrogens (tertiary/aromatic N) is 2. The molecule has 7 heteroatoms. The molecule has 0 spiro atoms. The molecule has 0 bridgehead atoms. The Morgan fingerprint density at radius 2 is 2.27 bits per heavy atom. The molecule has 0 amide bonds. The van der Waals surface area contributed by atoms with Gasteiger partial charge in [0.15, 0.2) is 0 Å². The second-order valence-corrected chi connectivity index (χ2v) is 4.82. The van der Waals surface area contributed by atoms with Crippen molar-refractivity contribution in [2.24, 2.45) is 0 Å². The summed E-state index contributed by atoms with van der Waals surface area (Å²) in [5, 5.41) is 0. The quantitative estimate of drug-likeness (QED) is 0.539. The first kappa shape index (κ1) is 9.75. The van der Waals surface area contributed by atoms with Gasteiger partial charge in [0, 0.05) is 0 Å². The summed E-state index contributed by atoms with van der Waals surface area (Å²) in [7, 11) is 0. The molecule has 0 unspecified atom stereocenters. The Hall–Kier alpha value is -0.450. The number of hydrogen-bond donors (Lipinski definition) is 2. The second-order valence-electron chi connectivity index (χ2n) is 2.67. The van der Waals surface area contributed by atoms with Crippen molar-refractivity contribution >= 4 is 51.0 Å². The molecular formula is C8H5FI2N4. The summed E-state index contributed by atoms with van der Waals surface area (Å²) in [5.41, 5.74) is 5.93. The van der Waals surface area contributed by atoms with E-state index in [4.69, 9.17) is 7.10 Å². The van der Waals surface area contributed by atoms with E-state index in [-0.39, 0.29) is 17.4 Å². The van der Waals surface area contributed by atoms with E-state index in [1.165, 1.54) is 6.33 Å². The zero-order chi connectivity index (χ0) is 11.9. The van der Waals surface area contributed by atoms with Crippen LogP contribution in [0.5, 0.6) is 0 Å². The fourth-order valence-corrected chi connectivity index (χ4v) is 1.98. The molecule has 2 rings (SSSR count). The van der Waals surface area contributed by atoms with Crippen molar-refractivity contribution in [1.29, 1.82) is 0 Å². The molecule has 2 aromatic rings. The lowest BCUT2D eigenvalue weighted by Crippen LogP contribution is -1.99. The van der Waals surface area contributed by atoms with Gasteiger partial charge in [-0.1, -0.05) is 0 Å². The number of aromatic amines is 1. The molecule has 4 nitrogen and oxygen atoms in total. The van der Waals surface area contributed by atoms with Crippen molar-refractivity contribution in [2.45, 2.75) is 0 Å². The zero-order valence-electron chi connectivity index (χ0n) is 8.18. The van der Waals surface area contributed by atoms with Crippen LogP contribution < -0.4 is 5.73 Å². The molecule has 0 aliphatic carbocycles. The van der Waals surface area contributed by atoms with E-state index in [0.717, 1.165) is 0 Å². The fraction of sp³-hybridized carbons (Fsp3) is 0. The minimum absolute atomic E-state index is 0.00983. The standard InChI is InChI=1S/C8H5FI2N4/c9-6-3(1-4(10)8(12)15-6)5-7(11)14-2-13-5/h1-2H,(H2,12,15)(H,13,14)/i1D. The Kier molecular flexibility index (Phi) is 2.73. The Morgan fingerprint density at radius 1 is 1.53 bits per heavy atom. The van der Waals surface area contributed by atoms with Gasteiger partial charge >= 0.3 is 0 Å². The number of nitrogens with one attached hydrogen (secondary N) is 1. The van der Waals surface area contributed by atoms with Gasteiger partial charge in [-0.3, -0.25) is 0 Å². The highest BCUT2D eigenvalue weighted by molar-refractivity contribution is 14.1. The first-order valence-corrected chi connectivity index (χ1v) is 5.98. The summed E-state index contributed by atoms with van der Waals surface area (Å²) >= 11 is 3.85. The molecule has 0 aromatic carbocycles. The zero-order valence-corrected chi connectivity index (χ0v) is 11.5. The Balaban J connectivity index is 2.76. The molecule has 0 radical (unpaired) electrons. The number of H-pyrrole nitrogens is 1. The van der Waals surface area contributed by atoms with Gasteiger partial charge in [-0.25, -0.2) is 9.97 Å². The van der Waals surface area contributed by atoms with Gasteiger partial charge in [0.25, 0.3) is 0 Å².